The number of aliphatic hydroxyl groups excluding tert-OH is 1. The molecule has 1 aliphatic heterocycles. The second-order valence-corrected chi connectivity index (χ2v) is 6.36. The molecule has 1 aromatic carbocycles. The summed E-state index contributed by atoms with van der Waals surface area (Å²) >= 11 is 0. The molecule has 5 heteroatoms. The predicted octanol–water partition coefficient (Wildman–Crippen LogP) is 3.58. The van der Waals surface area contributed by atoms with Crippen molar-refractivity contribution in [2.75, 3.05) is 18.0 Å². The molecule has 0 saturated carbocycles. The van der Waals surface area contributed by atoms with Crippen molar-refractivity contribution in [3.63, 3.8) is 0 Å². The van der Waals surface area contributed by atoms with Crippen LogP contribution in [0.1, 0.15) is 29.9 Å². The van der Waals surface area contributed by atoms with Gasteiger partial charge in [0.15, 0.2) is 0 Å². The van der Waals surface area contributed by atoms with Gasteiger partial charge in [-0.15, -0.1) is 0 Å². The highest BCUT2D eigenvalue weighted by Crippen LogP contribution is 2.35. The number of pyridine rings is 1. The molecule has 3 aromatic rings. The van der Waals surface area contributed by atoms with Gasteiger partial charge in [-0.05, 0) is 48.6 Å². The van der Waals surface area contributed by atoms with Crippen molar-refractivity contribution in [1.82, 2.24) is 9.97 Å². The highest BCUT2D eigenvalue weighted by molar-refractivity contribution is 5.83. The number of nitrogens with one attached hydrogen (secondary N) is 1. The summed E-state index contributed by atoms with van der Waals surface area (Å²) in [4.78, 5) is 9.64. The number of aliphatic hydroxyl groups is 1. The summed E-state index contributed by atoms with van der Waals surface area (Å²) in [5, 5.41) is 10.5. The van der Waals surface area contributed by atoms with Crippen LogP contribution in [0.3, 0.4) is 0 Å². The van der Waals surface area contributed by atoms with Crippen molar-refractivity contribution in [3.8, 4) is 0 Å². The van der Waals surface area contributed by atoms with E-state index in [1.807, 2.05) is 12.3 Å². The van der Waals surface area contributed by atoms with Crippen LogP contribution >= 0.6 is 0 Å². The second kappa shape index (κ2) is 6.24. The first-order chi connectivity index (χ1) is 11.8. The SMILES string of the molecule is OCc1cnccc1N1CCC(c2c[nH]c3ccc(F)cc23)CC1. The number of halogens is 1. The number of H-pyrrole nitrogens is 1. The van der Waals surface area contributed by atoms with Crippen molar-refractivity contribution in [1.29, 1.82) is 0 Å². The van der Waals surface area contributed by atoms with Crippen LogP contribution in [0.15, 0.2) is 42.9 Å². The van der Waals surface area contributed by atoms with Crippen LogP contribution in [0.25, 0.3) is 10.9 Å². The Hall–Kier alpha value is -2.40. The van der Waals surface area contributed by atoms with Crippen molar-refractivity contribution in [2.45, 2.75) is 25.4 Å². The normalized spacial score (nSPS) is 16.0. The molecule has 124 valence electrons. The minimum Gasteiger partial charge on any atom is -0.392 e. The third kappa shape index (κ3) is 2.65. The zero-order valence-electron chi connectivity index (χ0n) is 13.4. The maximum absolute atomic E-state index is 13.6. The van der Waals surface area contributed by atoms with E-state index in [4.69, 9.17) is 0 Å². The summed E-state index contributed by atoms with van der Waals surface area (Å²) in [6.07, 6.45) is 7.54. The van der Waals surface area contributed by atoms with Gasteiger partial charge in [0.1, 0.15) is 5.82 Å². The molecule has 1 saturated heterocycles. The first-order valence-electron chi connectivity index (χ1n) is 8.31. The molecule has 0 amide bonds. The number of nitrogens with zero attached hydrogens (tertiary/aromatic N) is 2. The van der Waals surface area contributed by atoms with E-state index in [9.17, 15) is 9.50 Å². The van der Waals surface area contributed by atoms with E-state index in [-0.39, 0.29) is 12.4 Å². The van der Waals surface area contributed by atoms with Gasteiger partial charge >= 0.3 is 0 Å². The topological polar surface area (TPSA) is 52.2 Å². The van der Waals surface area contributed by atoms with Crippen LogP contribution in [0, 0.1) is 5.82 Å². The Kier molecular flexibility index (Phi) is 3.94. The van der Waals surface area contributed by atoms with Crippen LogP contribution in [0.2, 0.25) is 0 Å². The van der Waals surface area contributed by atoms with Crippen molar-refractivity contribution < 1.29 is 9.50 Å². The summed E-state index contributed by atoms with van der Waals surface area (Å²) in [6, 6.07) is 6.88. The molecule has 0 spiro atoms. The Morgan fingerprint density at radius 3 is 2.88 bits per heavy atom. The van der Waals surface area contributed by atoms with Gasteiger partial charge in [-0.1, -0.05) is 0 Å². The van der Waals surface area contributed by atoms with Gasteiger partial charge in [0.25, 0.3) is 0 Å². The number of fused-ring (bicyclic) bond motifs is 1. The lowest BCUT2D eigenvalue weighted by molar-refractivity contribution is 0.281. The van der Waals surface area contributed by atoms with E-state index in [2.05, 4.69) is 14.9 Å². The summed E-state index contributed by atoms with van der Waals surface area (Å²) in [6.45, 7) is 1.85. The highest BCUT2D eigenvalue weighted by Gasteiger charge is 2.24. The van der Waals surface area contributed by atoms with Crippen LogP contribution in [0.5, 0.6) is 0 Å². The average Bonchev–Trinajstić information content (AvgIpc) is 3.05. The standard InChI is InChI=1S/C19H20FN3O/c20-15-1-2-18-16(9-15)17(11-22-18)13-4-7-23(8-5-13)19-3-6-21-10-14(19)12-24/h1-3,6,9-11,13,22,24H,4-5,7-8,12H2. The Balaban J connectivity index is 1.54. The smallest absolute Gasteiger partial charge is 0.123 e. The van der Waals surface area contributed by atoms with Crippen LogP contribution in [-0.2, 0) is 6.61 Å². The minimum atomic E-state index is -0.190. The third-order valence-corrected chi connectivity index (χ3v) is 5.00. The lowest BCUT2D eigenvalue weighted by atomic mass is 9.89. The number of hydrogen-bond acceptors (Lipinski definition) is 3. The molecule has 0 atom stereocenters. The number of piperidine rings is 1. The molecule has 1 aliphatic rings. The van der Waals surface area contributed by atoms with Crippen LogP contribution in [-0.4, -0.2) is 28.2 Å². The molecule has 0 unspecified atom stereocenters. The zero-order valence-corrected chi connectivity index (χ0v) is 13.4. The minimum absolute atomic E-state index is 0.00479. The maximum atomic E-state index is 13.6. The first-order valence-corrected chi connectivity index (χ1v) is 8.31. The summed E-state index contributed by atoms with van der Waals surface area (Å²) in [7, 11) is 0. The number of aromatic amines is 1. The molecular weight excluding hydrogens is 305 g/mol. The molecule has 0 bridgehead atoms. The van der Waals surface area contributed by atoms with Crippen molar-refractivity contribution in [2.24, 2.45) is 0 Å². The van der Waals surface area contributed by atoms with Gasteiger partial charge in [-0.2, -0.15) is 0 Å². The zero-order chi connectivity index (χ0) is 16.5. The van der Waals surface area contributed by atoms with Gasteiger partial charge in [0, 0.05) is 53.8 Å². The molecule has 3 heterocycles. The Labute approximate surface area is 140 Å². The van der Waals surface area contributed by atoms with Crippen molar-refractivity contribution >= 4 is 16.6 Å². The second-order valence-electron chi connectivity index (χ2n) is 6.36. The van der Waals surface area contributed by atoms with Crippen molar-refractivity contribution in [3.05, 3.63) is 59.8 Å². The number of rotatable bonds is 3. The monoisotopic (exact) mass is 325 g/mol. The Bertz CT molecular complexity index is 853. The van der Waals surface area contributed by atoms with E-state index < -0.39 is 0 Å². The van der Waals surface area contributed by atoms with E-state index in [1.54, 1.807) is 24.5 Å². The largest absolute Gasteiger partial charge is 0.392 e. The average molecular weight is 325 g/mol. The number of benzene rings is 1. The fourth-order valence-electron chi connectivity index (χ4n) is 3.73. The van der Waals surface area contributed by atoms with Gasteiger partial charge in [0.05, 0.1) is 6.61 Å². The van der Waals surface area contributed by atoms with Crippen LogP contribution < -0.4 is 4.90 Å². The summed E-state index contributed by atoms with van der Waals surface area (Å²) < 4.78 is 13.6. The molecule has 0 radical (unpaired) electrons. The quantitative estimate of drug-likeness (QED) is 0.774. The maximum Gasteiger partial charge on any atom is 0.123 e. The molecule has 4 rings (SSSR count). The first kappa shape index (κ1) is 15.1. The number of anilines is 1. The third-order valence-electron chi connectivity index (χ3n) is 5.00. The highest BCUT2D eigenvalue weighted by atomic mass is 19.1. The van der Waals surface area contributed by atoms with E-state index in [1.165, 1.54) is 11.6 Å². The van der Waals surface area contributed by atoms with Crippen LogP contribution in [0.4, 0.5) is 10.1 Å². The Morgan fingerprint density at radius 2 is 2.08 bits per heavy atom. The molecule has 2 N–H and O–H groups in total. The number of hydrogen-bond donors (Lipinski definition) is 2. The fraction of sp³-hybridized carbons (Fsp3) is 0.316. The van der Waals surface area contributed by atoms with Gasteiger partial charge < -0.3 is 15.0 Å². The predicted molar refractivity (Wildman–Crippen MR) is 92.6 cm³/mol. The molecule has 1 fully saturated rings. The molecular formula is C19H20FN3O. The molecule has 4 nitrogen and oxygen atoms in total. The molecule has 2 aromatic heterocycles. The molecule has 0 aliphatic carbocycles. The van der Waals surface area contributed by atoms with E-state index in [0.717, 1.165) is 48.1 Å². The lowest BCUT2D eigenvalue weighted by Gasteiger charge is -2.34. The van der Waals surface area contributed by atoms with Gasteiger partial charge in [-0.25, -0.2) is 4.39 Å². The van der Waals surface area contributed by atoms with E-state index >= 15 is 0 Å². The molecule has 24 heavy (non-hydrogen) atoms. The Morgan fingerprint density at radius 1 is 1.25 bits per heavy atom. The summed E-state index contributed by atoms with van der Waals surface area (Å²) in [5.74, 6) is 0.237. The lowest BCUT2D eigenvalue weighted by Crippen LogP contribution is -2.33. The van der Waals surface area contributed by atoms with Gasteiger partial charge in [0.2, 0.25) is 0 Å². The summed E-state index contributed by atoms with van der Waals surface area (Å²) in [5.41, 5.74) is 4.13. The number of aromatic nitrogens is 2. The fourth-order valence-corrected chi connectivity index (χ4v) is 3.73. The van der Waals surface area contributed by atoms with Gasteiger partial charge in [-0.3, -0.25) is 4.98 Å². The van der Waals surface area contributed by atoms with E-state index in [0.29, 0.717) is 5.92 Å².